The van der Waals surface area contributed by atoms with Crippen LogP contribution in [0.2, 0.25) is 5.02 Å². The van der Waals surface area contributed by atoms with E-state index in [4.69, 9.17) is 16.3 Å². The molecule has 1 atom stereocenters. The molecule has 0 saturated carbocycles. The fourth-order valence-corrected chi connectivity index (χ4v) is 2.81. The third-order valence-electron chi connectivity index (χ3n) is 3.17. The van der Waals surface area contributed by atoms with Crippen LogP contribution in [-0.4, -0.2) is 24.3 Å². The molecule has 122 valence electrons. The van der Waals surface area contributed by atoms with Crippen molar-refractivity contribution in [2.24, 2.45) is 0 Å². The maximum Gasteiger partial charge on any atom is 0.230 e. The van der Waals surface area contributed by atoms with E-state index in [2.05, 4.69) is 5.32 Å². The molecular formula is C18H20ClNO2S. The second-order valence-electron chi connectivity index (χ2n) is 5.29. The zero-order valence-electron chi connectivity index (χ0n) is 13.2. The average Bonchev–Trinajstić information content (AvgIpc) is 2.53. The molecule has 0 saturated heterocycles. The van der Waals surface area contributed by atoms with Gasteiger partial charge in [0.25, 0.3) is 0 Å². The lowest BCUT2D eigenvalue weighted by atomic mass is 10.2. The Labute approximate surface area is 146 Å². The van der Waals surface area contributed by atoms with Crippen LogP contribution >= 0.6 is 23.4 Å². The van der Waals surface area contributed by atoms with Crippen LogP contribution in [0, 0.1) is 6.92 Å². The van der Waals surface area contributed by atoms with Crippen molar-refractivity contribution < 1.29 is 9.53 Å². The molecule has 0 heterocycles. The highest BCUT2D eigenvalue weighted by Crippen LogP contribution is 2.20. The highest BCUT2D eigenvalue weighted by molar-refractivity contribution is 8.00. The summed E-state index contributed by atoms with van der Waals surface area (Å²) in [6, 6.07) is 15.3. The summed E-state index contributed by atoms with van der Waals surface area (Å²) in [6.07, 6.45) is 0. The first-order valence-electron chi connectivity index (χ1n) is 7.41. The minimum absolute atomic E-state index is 0.00849. The number of nitrogens with one attached hydrogen (secondary N) is 1. The van der Waals surface area contributed by atoms with Crippen LogP contribution in [0.25, 0.3) is 0 Å². The van der Waals surface area contributed by atoms with Crippen molar-refractivity contribution in [1.29, 1.82) is 0 Å². The van der Waals surface area contributed by atoms with Gasteiger partial charge in [0, 0.05) is 9.92 Å². The predicted octanol–water partition coefficient (Wildman–Crippen LogP) is 4.32. The van der Waals surface area contributed by atoms with Crippen LogP contribution in [0.3, 0.4) is 0 Å². The molecule has 1 N–H and O–H groups in total. The van der Waals surface area contributed by atoms with Crippen molar-refractivity contribution in [3.05, 3.63) is 59.1 Å². The second-order valence-corrected chi connectivity index (χ2v) is 6.77. The van der Waals surface area contributed by atoms with Crippen molar-refractivity contribution >= 4 is 29.3 Å². The normalized spacial score (nSPS) is 11.8. The summed E-state index contributed by atoms with van der Waals surface area (Å²) < 4.78 is 5.74. The zero-order chi connectivity index (χ0) is 16.7. The number of carbonyl (C=O) groups excluding carboxylic acids is 1. The average molecular weight is 350 g/mol. The first kappa shape index (κ1) is 17.7. The van der Waals surface area contributed by atoms with Gasteiger partial charge in [-0.3, -0.25) is 4.79 Å². The minimum atomic E-state index is -0.0482. The Balaban J connectivity index is 1.72. The predicted molar refractivity (Wildman–Crippen MR) is 96.5 cm³/mol. The third-order valence-corrected chi connectivity index (χ3v) is 4.44. The summed E-state index contributed by atoms with van der Waals surface area (Å²) in [5, 5.41) is 3.64. The number of rotatable bonds is 7. The maximum atomic E-state index is 12.0. The summed E-state index contributed by atoms with van der Waals surface area (Å²) in [4.78, 5) is 13.0. The molecule has 0 aliphatic rings. The summed E-state index contributed by atoms with van der Waals surface area (Å²) >= 11 is 7.32. The maximum absolute atomic E-state index is 12.0. The quantitative estimate of drug-likeness (QED) is 0.756. The number of thioether (sulfide) groups is 1. The number of amides is 1. The van der Waals surface area contributed by atoms with E-state index in [-0.39, 0.29) is 11.9 Å². The number of carbonyl (C=O) groups is 1. The van der Waals surface area contributed by atoms with Crippen molar-refractivity contribution in [3.63, 3.8) is 0 Å². The summed E-state index contributed by atoms with van der Waals surface area (Å²) in [7, 11) is 0. The van der Waals surface area contributed by atoms with Crippen LogP contribution < -0.4 is 10.1 Å². The van der Waals surface area contributed by atoms with Crippen molar-refractivity contribution in [2.75, 3.05) is 12.4 Å². The van der Waals surface area contributed by atoms with E-state index in [0.717, 1.165) is 16.2 Å². The first-order valence-corrected chi connectivity index (χ1v) is 8.77. The Kier molecular flexibility index (Phi) is 6.81. The third kappa shape index (κ3) is 6.16. The lowest BCUT2D eigenvalue weighted by molar-refractivity contribution is -0.119. The van der Waals surface area contributed by atoms with Gasteiger partial charge in [-0.15, -0.1) is 11.8 Å². The molecule has 3 nitrogen and oxygen atoms in total. The van der Waals surface area contributed by atoms with Gasteiger partial charge in [0.15, 0.2) is 0 Å². The Morgan fingerprint density at radius 2 is 1.91 bits per heavy atom. The van der Waals surface area contributed by atoms with Gasteiger partial charge in [0.2, 0.25) is 5.91 Å². The van der Waals surface area contributed by atoms with E-state index in [1.165, 1.54) is 11.8 Å². The highest BCUT2D eigenvalue weighted by atomic mass is 35.5. The van der Waals surface area contributed by atoms with E-state index in [1.807, 2.05) is 62.4 Å². The topological polar surface area (TPSA) is 38.3 Å². The van der Waals surface area contributed by atoms with Crippen molar-refractivity contribution in [2.45, 2.75) is 24.8 Å². The van der Waals surface area contributed by atoms with Gasteiger partial charge in [-0.1, -0.05) is 29.8 Å². The van der Waals surface area contributed by atoms with E-state index in [9.17, 15) is 4.79 Å². The molecule has 0 radical (unpaired) electrons. The molecule has 5 heteroatoms. The molecule has 1 amide bonds. The number of hydrogen-bond donors (Lipinski definition) is 1. The molecule has 0 aliphatic heterocycles. The molecule has 2 aromatic carbocycles. The van der Waals surface area contributed by atoms with Gasteiger partial charge in [-0.25, -0.2) is 0 Å². The van der Waals surface area contributed by atoms with Crippen LogP contribution in [0.15, 0.2) is 53.4 Å². The summed E-state index contributed by atoms with van der Waals surface area (Å²) in [5.74, 6) is 1.21. The van der Waals surface area contributed by atoms with E-state index in [1.54, 1.807) is 0 Å². The SMILES string of the molecule is Cc1ccccc1OC[C@@H](C)NC(=O)CSc1ccc(Cl)cc1. The standard InChI is InChI=1S/C18H20ClNO2S/c1-13-5-3-4-6-17(13)22-11-14(2)20-18(21)12-23-16-9-7-15(19)8-10-16/h3-10,14H,11-12H2,1-2H3,(H,20,21)/t14-/m1/s1. The molecule has 23 heavy (non-hydrogen) atoms. The first-order chi connectivity index (χ1) is 11.0. The molecular weight excluding hydrogens is 330 g/mol. The molecule has 0 aromatic heterocycles. The number of ether oxygens (including phenoxy) is 1. The highest BCUT2D eigenvalue weighted by Gasteiger charge is 2.09. The lowest BCUT2D eigenvalue weighted by Crippen LogP contribution is -2.37. The monoisotopic (exact) mass is 349 g/mol. The Hall–Kier alpha value is -1.65. The molecule has 0 spiro atoms. The van der Waals surface area contributed by atoms with Gasteiger partial charge in [0.05, 0.1) is 11.8 Å². The second kappa shape index (κ2) is 8.85. The van der Waals surface area contributed by atoms with Gasteiger partial charge >= 0.3 is 0 Å². The van der Waals surface area contributed by atoms with Crippen molar-refractivity contribution in [1.82, 2.24) is 5.32 Å². The van der Waals surface area contributed by atoms with Crippen molar-refractivity contribution in [3.8, 4) is 5.75 Å². The Morgan fingerprint density at radius 3 is 2.61 bits per heavy atom. The molecule has 2 rings (SSSR count). The van der Waals surface area contributed by atoms with E-state index in [0.29, 0.717) is 17.4 Å². The Morgan fingerprint density at radius 1 is 1.22 bits per heavy atom. The fraction of sp³-hybridized carbons (Fsp3) is 0.278. The lowest BCUT2D eigenvalue weighted by Gasteiger charge is -2.16. The van der Waals surface area contributed by atoms with Gasteiger partial charge in [0.1, 0.15) is 12.4 Å². The molecule has 0 unspecified atom stereocenters. The number of para-hydroxylation sites is 1. The van der Waals surface area contributed by atoms with E-state index >= 15 is 0 Å². The van der Waals surface area contributed by atoms with Gasteiger partial charge < -0.3 is 10.1 Å². The van der Waals surface area contributed by atoms with Crippen LogP contribution in [0.5, 0.6) is 5.75 Å². The van der Waals surface area contributed by atoms with Crippen LogP contribution in [-0.2, 0) is 4.79 Å². The number of halogens is 1. The molecule has 2 aromatic rings. The number of hydrogen-bond acceptors (Lipinski definition) is 3. The summed E-state index contributed by atoms with van der Waals surface area (Å²) in [5.41, 5.74) is 1.09. The number of benzene rings is 2. The van der Waals surface area contributed by atoms with Gasteiger partial charge in [-0.2, -0.15) is 0 Å². The van der Waals surface area contributed by atoms with Crippen LogP contribution in [0.4, 0.5) is 0 Å². The largest absolute Gasteiger partial charge is 0.491 e. The van der Waals surface area contributed by atoms with Gasteiger partial charge in [-0.05, 0) is 49.7 Å². The number of aryl methyl sites for hydroxylation is 1. The smallest absolute Gasteiger partial charge is 0.230 e. The fourth-order valence-electron chi connectivity index (χ4n) is 1.97. The zero-order valence-corrected chi connectivity index (χ0v) is 14.8. The van der Waals surface area contributed by atoms with Crippen LogP contribution in [0.1, 0.15) is 12.5 Å². The molecule has 0 fully saturated rings. The minimum Gasteiger partial charge on any atom is -0.491 e. The molecule has 0 aliphatic carbocycles. The molecule has 0 bridgehead atoms. The summed E-state index contributed by atoms with van der Waals surface area (Å²) in [6.45, 7) is 4.38. The van der Waals surface area contributed by atoms with E-state index < -0.39 is 0 Å². The Bertz CT molecular complexity index is 646.